The molecule has 0 saturated carbocycles. The predicted octanol–water partition coefficient (Wildman–Crippen LogP) is 2.58. The number of fused-ring (bicyclic) bond motifs is 1. The number of benzene rings is 1. The molecule has 0 aliphatic heterocycles. The second-order valence-electron chi connectivity index (χ2n) is 4.02. The van der Waals surface area contributed by atoms with Gasteiger partial charge in [0.05, 0.1) is 16.1 Å². The number of anilines is 1. The van der Waals surface area contributed by atoms with E-state index < -0.39 is 5.91 Å². The van der Waals surface area contributed by atoms with Gasteiger partial charge in [-0.3, -0.25) is 4.79 Å². The Morgan fingerprint density at radius 1 is 1.22 bits per heavy atom. The van der Waals surface area contributed by atoms with E-state index in [0.29, 0.717) is 11.4 Å². The van der Waals surface area contributed by atoms with Crippen LogP contribution in [0.4, 0.5) is 5.82 Å². The van der Waals surface area contributed by atoms with Crippen molar-refractivity contribution in [3.63, 3.8) is 0 Å². The molecule has 3 aromatic rings. The second-order valence-corrected chi connectivity index (χ2v) is 5.11. The average molecular weight is 257 g/mol. The van der Waals surface area contributed by atoms with E-state index >= 15 is 0 Å². The molecule has 0 fully saturated rings. The Morgan fingerprint density at radius 2 is 2.00 bits per heavy atom. The molecule has 0 aliphatic carbocycles. The summed E-state index contributed by atoms with van der Waals surface area (Å²) >= 11 is 1.65. The Hall–Kier alpha value is -2.27. The number of hydrogen-bond donors (Lipinski definition) is 3. The molecule has 1 amide bonds. The van der Waals surface area contributed by atoms with Crippen molar-refractivity contribution in [1.29, 1.82) is 0 Å². The van der Waals surface area contributed by atoms with Crippen molar-refractivity contribution in [2.75, 3.05) is 5.73 Å². The first kappa shape index (κ1) is 10.9. The first-order chi connectivity index (χ1) is 8.65. The molecular weight excluding hydrogens is 246 g/mol. The van der Waals surface area contributed by atoms with E-state index in [4.69, 9.17) is 11.5 Å². The first-order valence-electron chi connectivity index (χ1n) is 5.42. The largest absolute Gasteiger partial charge is 0.385 e. The van der Waals surface area contributed by atoms with Crippen molar-refractivity contribution in [3.8, 4) is 10.6 Å². The van der Waals surface area contributed by atoms with E-state index in [1.807, 2.05) is 12.1 Å². The summed E-state index contributed by atoms with van der Waals surface area (Å²) in [4.78, 5) is 15.2. The van der Waals surface area contributed by atoms with Crippen molar-refractivity contribution < 1.29 is 4.79 Å². The highest BCUT2D eigenvalue weighted by molar-refractivity contribution is 7.22. The Balaban J connectivity index is 2.14. The number of primary amides is 1. The Bertz CT molecular complexity index is 709. The molecular formula is C13H11N3OS. The number of nitrogens with two attached hydrogens (primary N) is 2. The number of carbonyl (C=O) groups is 1. The van der Waals surface area contributed by atoms with Crippen LogP contribution in [0.2, 0.25) is 0 Å². The number of thiophene rings is 1. The molecule has 0 atom stereocenters. The number of aromatic amines is 1. The number of aromatic nitrogens is 1. The predicted molar refractivity (Wildman–Crippen MR) is 74.5 cm³/mol. The van der Waals surface area contributed by atoms with Crippen molar-refractivity contribution in [2.24, 2.45) is 5.73 Å². The summed E-state index contributed by atoms with van der Waals surface area (Å²) < 4.78 is 1.20. The SMILES string of the molecule is NC(=O)c1cc(-c2cc3ccccc3s2)[nH]c1N. The summed E-state index contributed by atoms with van der Waals surface area (Å²) in [6.45, 7) is 0. The highest BCUT2D eigenvalue weighted by Crippen LogP contribution is 2.34. The fourth-order valence-electron chi connectivity index (χ4n) is 1.92. The van der Waals surface area contributed by atoms with Gasteiger partial charge in [0, 0.05) is 4.70 Å². The number of hydrogen-bond acceptors (Lipinski definition) is 3. The highest BCUT2D eigenvalue weighted by Gasteiger charge is 2.13. The Labute approximate surface area is 107 Å². The van der Waals surface area contributed by atoms with Gasteiger partial charge < -0.3 is 16.5 Å². The first-order valence-corrected chi connectivity index (χ1v) is 6.24. The van der Waals surface area contributed by atoms with Crippen molar-refractivity contribution in [2.45, 2.75) is 0 Å². The van der Waals surface area contributed by atoms with Crippen LogP contribution in [0.15, 0.2) is 36.4 Å². The van der Waals surface area contributed by atoms with Crippen LogP contribution in [0.5, 0.6) is 0 Å². The number of nitrogen functional groups attached to an aromatic ring is 1. The zero-order valence-corrected chi connectivity index (χ0v) is 10.3. The molecule has 1 aromatic carbocycles. The van der Waals surface area contributed by atoms with Gasteiger partial charge in [0.25, 0.3) is 5.91 Å². The third kappa shape index (κ3) is 1.65. The molecule has 2 heterocycles. The normalized spacial score (nSPS) is 10.9. The van der Waals surface area contributed by atoms with Crippen LogP contribution in [0.3, 0.4) is 0 Å². The van der Waals surface area contributed by atoms with Gasteiger partial charge in [0.1, 0.15) is 5.82 Å². The van der Waals surface area contributed by atoms with Crippen LogP contribution < -0.4 is 11.5 Å². The maximum absolute atomic E-state index is 11.2. The summed E-state index contributed by atoms with van der Waals surface area (Å²) in [5, 5.41) is 1.17. The molecule has 0 aliphatic rings. The maximum Gasteiger partial charge on any atom is 0.252 e. The fraction of sp³-hybridized carbons (Fsp3) is 0. The fourth-order valence-corrected chi connectivity index (χ4v) is 2.96. The average Bonchev–Trinajstić information content (AvgIpc) is 2.91. The summed E-state index contributed by atoms with van der Waals surface area (Å²) in [5.41, 5.74) is 12.1. The van der Waals surface area contributed by atoms with Crippen molar-refractivity contribution in [1.82, 2.24) is 4.98 Å². The molecule has 18 heavy (non-hydrogen) atoms. The lowest BCUT2D eigenvalue weighted by atomic mass is 10.2. The van der Waals surface area contributed by atoms with E-state index in [2.05, 4.69) is 23.2 Å². The monoisotopic (exact) mass is 257 g/mol. The lowest BCUT2D eigenvalue weighted by molar-refractivity contribution is 0.100. The molecule has 0 radical (unpaired) electrons. The summed E-state index contributed by atoms with van der Waals surface area (Å²) in [6.07, 6.45) is 0. The van der Waals surface area contributed by atoms with E-state index in [1.165, 1.54) is 10.1 Å². The van der Waals surface area contributed by atoms with Crippen molar-refractivity contribution in [3.05, 3.63) is 42.0 Å². The molecule has 5 N–H and O–H groups in total. The van der Waals surface area contributed by atoms with Gasteiger partial charge in [-0.2, -0.15) is 0 Å². The third-order valence-corrected chi connectivity index (χ3v) is 3.95. The summed E-state index contributed by atoms with van der Waals surface area (Å²) in [5.74, 6) is -0.203. The quantitative estimate of drug-likeness (QED) is 0.659. The van der Waals surface area contributed by atoms with Gasteiger partial charge in [-0.15, -0.1) is 11.3 Å². The zero-order chi connectivity index (χ0) is 12.7. The zero-order valence-electron chi connectivity index (χ0n) is 9.44. The van der Waals surface area contributed by atoms with Gasteiger partial charge in [-0.1, -0.05) is 18.2 Å². The molecule has 5 heteroatoms. The second kappa shape index (κ2) is 3.89. The minimum Gasteiger partial charge on any atom is -0.385 e. The number of carbonyl (C=O) groups excluding carboxylic acids is 1. The maximum atomic E-state index is 11.2. The Kier molecular flexibility index (Phi) is 2.34. The Morgan fingerprint density at radius 3 is 2.67 bits per heavy atom. The van der Waals surface area contributed by atoms with Gasteiger partial charge in [0.2, 0.25) is 0 Å². The van der Waals surface area contributed by atoms with E-state index in [0.717, 1.165) is 10.6 Å². The molecule has 2 aromatic heterocycles. The topological polar surface area (TPSA) is 84.9 Å². The lowest BCUT2D eigenvalue weighted by Crippen LogP contribution is -2.11. The van der Waals surface area contributed by atoms with Crippen LogP contribution in [-0.2, 0) is 0 Å². The minimum absolute atomic E-state index is 0.315. The summed E-state index contributed by atoms with van der Waals surface area (Å²) in [7, 11) is 0. The number of H-pyrrole nitrogens is 1. The van der Waals surface area contributed by atoms with Crippen LogP contribution in [0.25, 0.3) is 20.7 Å². The third-order valence-electron chi connectivity index (χ3n) is 2.80. The number of amides is 1. The molecule has 90 valence electrons. The molecule has 0 unspecified atom stereocenters. The smallest absolute Gasteiger partial charge is 0.252 e. The van der Waals surface area contributed by atoms with E-state index in [9.17, 15) is 4.79 Å². The molecule has 0 saturated heterocycles. The van der Waals surface area contributed by atoms with E-state index in [-0.39, 0.29) is 0 Å². The van der Waals surface area contributed by atoms with Crippen LogP contribution in [0.1, 0.15) is 10.4 Å². The minimum atomic E-state index is -0.517. The lowest BCUT2D eigenvalue weighted by Gasteiger charge is -1.89. The number of nitrogens with one attached hydrogen (secondary N) is 1. The molecule has 3 rings (SSSR count). The van der Waals surface area contributed by atoms with E-state index in [1.54, 1.807) is 17.4 Å². The van der Waals surface area contributed by atoms with Gasteiger partial charge in [-0.05, 0) is 23.6 Å². The van der Waals surface area contributed by atoms with Crippen LogP contribution in [-0.4, -0.2) is 10.9 Å². The van der Waals surface area contributed by atoms with Gasteiger partial charge in [-0.25, -0.2) is 0 Å². The summed E-state index contributed by atoms with van der Waals surface area (Å²) in [6, 6.07) is 11.9. The number of rotatable bonds is 2. The van der Waals surface area contributed by atoms with Gasteiger partial charge >= 0.3 is 0 Å². The molecule has 4 nitrogen and oxygen atoms in total. The van der Waals surface area contributed by atoms with Crippen molar-refractivity contribution >= 4 is 33.1 Å². The molecule has 0 bridgehead atoms. The van der Waals surface area contributed by atoms with Crippen LogP contribution >= 0.6 is 11.3 Å². The highest BCUT2D eigenvalue weighted by atomic mass is 32.1. The van der Waals surface area contributed by atoms with Gasteiger partial charge in [0.15, 0.2) is 0 Å². The standard InChI is InChI=1S/C13H11N3OS/c14-12-8(13(15)17)6-9(16-12)11-5-7-3-1-2-4-10(7)18-11/h1-6,16H,14H2,(H2,15,17). The van der Waals surface area contributed by atoms with Crippen LogP contribution in [0, 0.1) is 0 Å². The molecule has 0 spiro atoms.